The predicted molar refractivity (Wildman–Crippen MR) is 80.6 cm³/mol. The Balaban J connectivity index is 0. The number of likely N-dealkylation sites (N-methyl/N-ethyl adjacent to an activating group) is 1. The molecule has 18 heavy (non-hydrogen) atoms. The highest BCUT2D eigenvalue weighted by Gasteiger charge is 2.31. The molecule has 1 amide bonds. The van der Waals surface area contributed by atoms with Gasteiger partial charge in [0, 0.05) is 18.1 Å². The third-order valence-electron chi connectivity index (χ3n) is 3.81. The van der Waals surface area contributed by atoms with Crippen LogP contribution >= 0.6 is 24.8 Å². The van der Waals surface area contributed by atoms with Gasteiger partial charge in [-0.1, -0.05) is 6.42 Å². The molecule has 2 atom stereocenters. The third kappa shape index (κ3) is 5.31. The Morgan fingerprint density at radius 2 is 1.89 bits per heavy atom. The first-order valence-electron chi connectivity index (χ1n) is 6.05. The van der Waals surface area contributed by atoms with Gasteiger partial charge in [0.15, 0.2) is 0 Å². The standard InChI is InChI=1S/C12H25N3O.2ClH/c1-12(2,15(3)4)8-14-11(16)9-6-5-7-10(9)13;;/h9-10H,5-8,13H2,1-4H3,(H,14,16);2*1H. The minimum atomic E-state index is -0.0155. The topological polar surface area (TPSA) is 58.4 Å². The van der Waals surface area contributed by atoms with Crippen molar-refractivity contribution in [2.24, 2.45) is 11.7 Å². The predicted octanol–water partition coefficient (Wildman–Crippen LogP) is 1.41. The monoisotopic (exact) mass is 299 g/mol. The Bertz CT molecular complexity index is 260. The number of hydrogen-bond donors (Lipinski definition) is 2. The van der Waals surface area contributed by atoms with Crippen molar-refractivity contribution in [2.45, 2.75) is 44.7 Å². The molecule has 3 N–H and O–H groups in total. The largest absolute Gasteiger partial charge is 0.354 e. The number of hydrogen-bond acceptors (Lipinski definition) is 3. The fourth-order valence-corrected chi connectivity index (χ4v) is 1.91. The molecular formula is C12H27Cl2N3O. The fourth-order valence-electron chi connectivity index (χ4n) is 1.91. The zero-order valence-electron chi connectivity index (χ0n) is 11.7. The summed E-state index contributed by atoms with van der Waals surface area (Å²) in [5, 5.41) is 3.02. The molecule has 1 rings (SSSR count). The fraction of sp³-hybridized carbons (Fsp3) is 0.917. The van der Waals surface area contributed by atoms with Crippen molar-refractivity contribution in [2.75, 3.05) is 20.6 Å². The van der Waals surface area contributed by atoms with E-state index in [1.54, 1.807) is 0 Å². The summed E-state index contributed by atoms with van der Waals surface area (Å²) in [5.74, 6) is 0.151. The average Bonchev–Trinajstić information content (AvgIpc) is 2.61. The van der Waals surface area contributed by atoms with E-state index in [2.05, 4.69) is 24.1 Å². The maximum absolute atomic E-state index is 11.9. The molecule has 0 spiro atoms. The Morgan fingerprint density at radius 1 is 1.33 bits per heavy atom. The molecule has 0 heterocycles. The van der Waals surface area contributed by atoms with Crippen LogP contribution in [0.3, 0.4) is 0 Å². The Hall–Kier alpha value is -0.0300. The van der Waals surface area contributed by atoms with E-state index in [0.717, 1.165) is 19.3 Å². The van der Waals surface area contributed by atoms with E-state index in [-0.39, 0.29) is 48.2 Å². The van der Waals surface area contributed by atoms with Crippen LogP contribution in [0.1, 0.15) is 33.1 Å². The van der Waals surface area contributed by atoms with Crippen molar-refractivity contribution in [3.63, 3.8) is 0 Å². The van der Waals surface area contributed by atoms with Gasteiger partial charge in [-0.2, -0.15) is 0 Å². The number of halogens is 2. The number of amides is 1. The van der Waals surface area contributed by atoms with Gasteiger partial charge in [-0.3, -0.25) is 4.79 Å². The molecule has 0 aromatic carbocycles. The highest BCUT2D eigenvalue weighted by molar-refractivity contribution is 5.85. The lowest BCUT2D eigenvalue weighted by atomic mass is 10.0. The summed E-state index contributed by atoms with van der Waals surface area (Å²) in [5.41, 5.74) is 5.89. The average molecular weight is 300 g/mol. The molecular weight excluding hydrogens is 273 g/mol. The SMILES string of the molecule is CN(C)C(C)(C)CNC(=O)C1CCCC1N.Cl.Cl. The van der Waals surface area contributed by atoms with Crippen LogP contribution in [0.5, 0.6) is 0 Å². The lowest BCUT2D eigenvalue weighted by Crippen LogP contribution is -2.50. The summed E-state index contributed by atoms with van der Waals surface area (Å²) in [6.07, 6.45) is 3.00. The van der Waals surface area contributed by atoms with Gasteiger partial charge in [0.2, 0.25) is 5.91 Å². The van der Waals surface area contributed by atoms with Gasteiger partial charge < -0.3 is 16.0 Å². The molecule has 110 valence electrons. The number of rotatable bonds is 4. The molecule has 0 radical (unpaired) electrons. The number of carbonyl (C=O) groups excluding carboxylic acids is 1. The Morgan fingerprint density at radius 3 is 2.28 bits per heavy atom. The molecule has 1 fully saturated rings. The molecule has 1 aliphatic carbocycles. The molecule has 4 nitrogen and oxygen atoms in total. The molecule has 6 heteroatoms. The van der Waals surface area contributed by atoms with Gasteiger partial charge in [0.1, 0.15) is 0 Å². The van der Waals surface area contributed by atoms with Crippen molar-refractivity contribution in [3.05, 3.63) is 0 Å². The molecule has 0 aromatic heterocycles. The van der Waals surface area contributed by atoms with Crippen LogP contribution in [-0.2, 0) is 4.79 Å². The molecule has 1 saturated carbocycles. The number of nitrogens with one attached hydrogen (secondary N) is 1. The maximum atomic E-state index is 11.9. The zero-order valence-corrected chi connectivity index (χ0v) is 13.4. The molecule has 1 aliphatic rings. The van der Waals surface area contributed by atoms with E-state index in [1.807, 2.05) is 14.1 Å². The Kier molecular flexibility index (Phi) is 9.25. The van der Waals surface area contributed by atoms with E-state index in [9.17, 15) is 4.79 Å². The highest BCUT2D eigenvalue weighted by Crippen LogP contribution is 2.24. The number of carbonyl (C=O) groups is 1. The third-order valence-corrected chi connectivity index (χ3v) is 3.81. The van der Waals surface area contributed by atoms with Crippen molar-refractivity contribution in [1.29, 1.82) is 0 Å². The van der Waals surface area contributed by atoms with Crippen LogP contribution in [0.15, 0.2) is 0 Å². The smallest absolute Gasteiger partial charge is 0.224 e. The lowest BCUT2D eigenvalue weighted by Gasteiger charge is -2.33. The van der Waals surface area contributed by atoms with Gasteiger partial charge in [-0.05, 0) is 40.8 Å². The minimum Gasteiger partial charge on any atom is -0.354 e. The molecule has 0 saturated heterocycles. The summed E-state index contributed by atoms with van der Waals surface area (Å²) >= 11 is 0. The van der Waals surface area contributed by atoms with Crippen LogP contribution in [-0.4, -0.2) is 43.0 Å². The van der Waals surface area contributed by atoms with Crippen molar-refractivity contribution in [1.82, 2.24) is 10.2 Å². The molecule has 0 aliphatic heterocycles. The Labute approximate surface area is 123 Å². The zero-order chi connectivity index (χ0) is 12.3. The van der Waals surface area contributed by atoms with Gasteiger partial charge in [-0.15, -0.1) is 24.8 Å². The molecule has 2 unspecified atom stereocenters. The summed E-state index contributed by atoms with van der Waals surface area (Å²) in [4.78, 5) is 14.0. The van der Waals surface area contributed by atoms with E-state index in [1.165, 1.54) is 0 Å². The summed E-state index contributed by atoms with van der Waals surface area (Å²) in [6, 6.07) is 0.0578. The van der Waals surface area contributed by atoms with Crippen LogP contribution in [0.25, 0.3) is 0 Å². The first-order chi connectivity index (χ1) is 7.34. The van der Waals surface area contributed by atoms with Gasteiger partial charge in [0.05, 0.1) is 5.92 Å². The van der Waals surface area contributed by atoms with Crippen molar-refractivity contribution < 1.29 is 4.79 Å². The van der Waals surface area contributed by atoms with Gasteiger partial charge in [-0.25, -0.2) is 0 Å². The lowest BCUT2D eigenvalue weighted by molar-refractivity contribution is -0.125. The van der Waals surface area contributed by atoms with Gasteiger partial charge in [0.25, 0.3) is 0 Å². The second-order valence-electron chi connectivity index (χ2n) is 5.63. The van der Waals surface area contributed by atoms with E-state index in [0.29, 0.717) is 6.54 Å². The number of nitrogens with zero attached hydrogens (tertiary/aromatic N) is 1. The molecule has 0 aromatic rings. The van der Waals surface area contributed by atoms with E-state index >= 15 is 0 Å². The first-order valence-corrected chi connectivity index (χ1v) is 6.05. The summed E-state index contributed by atoms with van der Waals surface area (Å²) in [6.45, 7) is 4.89. The second kappa shape index (κ2) is 8.20. The van der Waals surface area contributed by atoms with Crippen LogP contribution in [0.2, 0.25) is 0 Å². The normalized spacial score (nSPS) is 23.2. The van der Waals surface area contributed by atoms with E-state index < -0.39 is 0 Å². The quantitative estimate of drug-likeness (QED) is 0.825. The number of nitrogens with two attached hydrogens (primary N) is 1. The highest BCUT2D eigenvalue weighted by atomic mass is 35.5. The van der Waals surface area contributed by atoms with Gasteiger partial charge >= 0.3 is 0 Å². The summed E-state index contributed by atoms with van der Waals surface area (Å²) < 4.78 is 0. The molecule has 0 bridgehead atoms. The van der Waals surface area contributed by atoms with Crippen LogP contribution in [0, 0.1) is 5.92 Å². The summed E-state index contributed by atoms with van der Waals surface area (Å²) in [7, 11) is 4.04. The van der Waals surface area contributed by atoms with E-state index in [4.69, 9.17) is 5.73 Å². The van der Waals surface area contributed by atoms with Crippen molar-refractivity contribution >= 4 is 30.7 Å². The minimum absolute atomic E-state index is 0. The van der Waals surface area contributed by atoms with Crippen LogP contribution in [0.4, 0.5) is 0 Å². The van der Waals surface area contributed by atoms with Crippen LogP contribution < -0.4 is 11.1 Å². The second-order valence-corrected chi connectivity index (χ2v) is 5.63. The maximum Gasteiger partial charge on any atom is 0.224 e. The first kappa shape index (κ1) is 20.3. The van der Waals surface area contributed by atoms with Crippen molar-refractivity contribution in [3.8, 4) is 0 Å².